The van der Waals surface area contributed by atoms with Gasteiger partial charge < -0.3 is 15.7 Å². The standard InChI is InChI=1S/C15H17N3O4/c19-12(20)11-4-2-1-3-10(11)9-18-13(21)15(17-14(18)22)5-7-16-8-6-15/h1-4,16H,5-9H2,(H,17,22)(H,19,20). The summed E-state index contributed by atoms with van der Waals surface area (Å²) in [5.74, 6) is -1.33. The Balaban J connectivity index is 1.85. The fraction of sp³-hybridized carbons (Fsp3) is 0.400. The zero-order valence-electron chi connectivity index (χ0n) is 12.0. The predicted molar refractivity (Wildman–Crippen MR) is 77.3 cm³/mol. The highest BCUT2D eigenvalue weighted by Gasteiger charge is 2.51. The van der Waals surface area contributed by atoms with Crippen molar-refractivity contribution in [3.05, 3.63) is 35.4 Å². The maximum atomic E-state index is 12.6. The third-order valence-electron chi connectivity index (χ3n) is 4.28. The molecule has 1 aromatic rings. The van der Waals surface area contributed by atoms with Gasteiger partial charge in [-0.2, -0.15) is 0 Å². The van der Waals surface area contributed by atoms with Crippen LogP contribution in [-0.4, -0.2) is 46.5 Å². The summed E-state index contributed by atoms with van der Waals surface area (Å²) in [5.41, 5.74) is -0.278. The van der Waals surface area contributed by atoms with E-state index in [2.05, 4.69) is 10.6 Å². The van der Waals surface area contributed by atoms with Crippen molar-refractivity contribution in [2.24, 2.45) is 0 Å². The molecule has 2 saturated heterocycles. The molecule has 1 aromatic carbocycles. The molecule has 0 bridgehead atoms. The molecule has 22 heavy (non-hydrogen) atoms. The molecule has 0 aromatic heterocycles. The third-order valence-corrected chi connectivity index (χ3v) is 4.28. The first-order valence-electron chi connectivity index (χ1n) is 7.19. The summed E-state index contributed by atoms with van der Waals surface area (Å²) in [6, 6.07) is 5.95. The molecule has 3 N–H and O–H groups in total. The molecule has 7 nitrogen and oxygen atoms in total. The number of nitrogens with zero attached hydrogens (tertiary/aromatic N) is 1. The van der Waals surface area contributed by atoms with Crippen LogP contribution in [0.2, 0.25) is 0 Å². The van der Waals surface area contributed by atoms with Crippen molar-refractivity contribution in [1.82, 2.24) is 15.5 Å². The quantitative estimate of drug-likeness (QED) is 0.709. The van der Waals surface area contributed by atoms with E-state index in [1.807, 2.05) is 0 Å². The lowest BCUT2D eigenvalue weighted by Crippen LogP contribution is -2.53. The molecule has 2 aliphatic heterocycles. The van der Waals surface area contributed by atoms with Crippen LogP contribution >= 0.6 is 0 Å². The van der Waals surface area contributed by atoms with E-state index >= 15 is 0 Å². The summed E-state index contributed by atoms with van der Waals surface area (Å²) < 4.78 is 0. The monoisotopic (exact) mass is 303 g/mol. The molecule has 2 fully saturated rings. The van der Waals surface area contributed by atoms with Crippen LogP contribution in [-0.2, 0) is 11.3 Å². The van der Waals surface area contributed by atoms with Gasteiger partial charge >= 0.3 is 12.0 Å². The van der Waals surface area contributed by atoms with Crippen molar-refractivity contribution in [1.29, 1.82) is 0 Å². The predicted octanol–water partition coefficient (Wildman–Crippen LogP) is 0.559. The number of rotatable bonds is 3. The number of carbonyl (C=O) groups excluding carboxylic acids is 2. The van der Waals surface area contributed by atoms with Gasteiger partial charge in [0.25, 0.3) is 5.91 Å². The Morgan fingerprint density at radius 2 is 1.91 bits per heavy atom. The highest BCUT2D eigenvalue weighted by atomic mass is 16.4. The smallest absolute Gasteiger partial charge is 0.336 e. The molecule has 3 rings (SSSR count). The Morgan fingerprint density at radius 1 is 1.23 bits per heavy atom. The number of carbonyl (C=O) groups is 3. The number of aromatic carboxylic acids is 1. The van der Waals surface area contributed by atoms with Gasteiger partial charge in [-0.15, -0.1) is 0 Å². The van der Waals surface area contributed by atoms with E-state index < -0.39 is 17.5 Å². The molecule has 0 aliphatic carbocycles. The summed E-state index contributed by atoms with van der Waals surface area (Å²) in [6.45, 7) is 1.32. The number of imide groups is 1. The van der Waals surface area contributed by atoms with Gasteiger partial charge in [0.1, 0.15) is 5.54 Å². The number of piperidine rings is 1. The maximum absolute atomic E-state index is 12.6. The lowest BCUT2D eigenvalue weighted by Gasteiger charge is -2.31. The van der Waals surface area contributed by atoms with Gasteiger partial charge in [-0.25, -0.2) is 9.59 Å². The zero-order valence-corrected chi connectivity index (χ0v) is 12.0. The van der Waals surface area contributed by atoms with E-state index in [-0.39, 0.29) is 18.0 Å². The summed E-state index contributed by atoms with van der Waals surface area (Å²) >= 11 is 0. The van der Waals surface area contributed by atoms with Gasteiger partial charge in [0.15, 0.2) is 0 Å². The maximum Gasteiger partial charge on any atom is 0.336 e. The SMILES string of the molecule is O=C(O)c1ccccc1CN1C(=O)NC2(CCNCC2)C1=O. The number of hydrogen-bond donors (Lipinski definition) is 3. The van der Waals surface area contributed by atoms with Gasteiger partial charge in [-0.1, -0.05) is 18.2 Å². The Morgan fingerprint density at radius 3 is 2.59 bits per heavy atom. The van der Waals surface area contributed by atoms with E-state index in [1.165, 1.54) is 6.07 Å². The molecule has 116 valence electrons. The molecule has 0 atom stereocenters. The molecule has 1 spiro atoms. The molecular formula is C15H17N3O4. The van der Waals surface area contributed by atoms with E-state index in [0.717, 1.165) is 4.90 Å². The van der Waals surface area contributed by atoms with E-state index in [1.54, 1.807) is 18.2 Å². The van der Waals surface area contributed by atoms with Crippen molar-refractivity contribution in [2.45, 2.75) is 24.9 Å². The number of amides is 3. The van der Waals surface area contributed by atoms with Crippen LogP contribution in [0.15, 0.2) is 24.3 Å². The largest absolute Gasteiger partial charge is 0.478 e. The average Bonchev–Trinajstić information content (AvgIpc) is 2.73. The van der Waals surface area contributed by atoms with Crippen molar-refractivity contribution >= 4 is 17.9 Å². The number of benzene rings is 1. The topological polar surface area (TPSA) is 98.7 Å². The van der Waals surface area contributed by atoms with Crippen LogP contribution in [0, 0.1) is 0 Å². The second-order valence-electron chi connectivity index (χ2n) is 5.62. The summed E-state index contributed by atoms with van der Waals surface area (Å²) in [5, 5.41) is 15.1. The Hall–Kier alpha value is -2.41. The number of nitrogens with one attached hydrogen (secondary N) is 2. The summed E-state index contributed by atoms with van der Waals surface area (Å²) in [7, 11) is 0. The molecule has 7 heteroatoms. The lowest BCUT2D eigenvalue weighted by atomic mass is 9.88. The van der Waals surface area contributed by atoms with Crippen LogP contribution in [0.25, 0.3) is 0 Å². The molecule has 0 radical (unpaired) electrons. The van der Waals surface area contributed by atoms with Gasteiger partial charge in [-0.05, 0) is 37.6 Å². The summed E-state index contributed by atoms with van der Waals surface area (Å²) in [4.78, 5) is 37.2. The minimum absolute atomic E-state index is 0.0255. The van der Waals surface area contributed by atoms with Crippen LogP contribution in [0.4, 0.5) is 4.79 Å². The van der Waals surface area contributed by atoms with Gasteiger partial charge in [-0.3, -0.25) is 9.69 Å². The molecule has 2 heterocycles. The second-order valence-corrected chi connectivity index (χ2v) is 5.62. The van der Waals surface area contributed by atoms with Crippen molar-refractivity contribution in [2.75, 3.05) is 13.1 Å². The van der Waals surface area contributed by atoms with Gasteiger partial charge in [0.2, 0.25) is 0 Å². The fourth-order valence-electron chi connectivity index (χ4n) is 3.05. The molecule has 2 aliphatic rings. The Labute approximate surface area is 127 Å². The van der Waals surface area contributed by atoms with Crippen LogP contribution < -0.4 is 10.6 Å². The molecule has 0 saturated carbocycles. The Kier molecular flexibility index (Phi) is 3.58. The van der Waals surface area contributed by atoms with E-state index in [0.29, 0.717) is 31.5 Å². The van der Waals surface area contributed by atoms with Crippen molar-refractivity contribution < 1.29 is 19.5 Å². The number of carboxylic acids is 1. The van der Waals surface area contributed by atoms with E-state index in [9.17, 15) is 19.5 Å². The van der Waals surface area contributed by atoms with Crippen molar-refractivity contribution in [3.63, 3.8) is 0 Å². The van der Waals surface area contributed by atoms with Crippen LogP contribution in [0.5, 0.6) is 0 Å². The lowest BCUT2D eigenvalue weighted by molar-refractivity contribution is -0.132. The normalized spacial score (nSPS) is 20.3. The minimum atomic E-state index is -1.07. The van der Waals surface area contributed by atoms with Crippen LogP contribution in [0.3, 0.4) is 0 Å². The average molecular weight is 303 g/mol. The molecule has 0 unspecified atom stereocenters. The zero-order chi connectivity index (χ0) is 15.7. The Bertz CT molecular complexity index is 637. The van der Waals surface area contributed by atoms with E-state index in [4.69, 9.17) is 0 Å². The van der Waals surface area contributed by atoms with Gasteiger partial charge in [0.05, 0.1) is 12.1 Å². The first-order valence-corrected chi connectivity index (χ1v) is 7.19. The molecule has 3 amide bonds. The molecular weight excluding hydrogens is 286 g/mol. The first kappa shape index (κ1) is 14.5. The highest BCUT2D eigenvalue weighted by molar-refractivity contribution is 6.07. The summed E-state index contributed by atoms with van der Waals surface area (Å²) in [6.07, 6.45) is 1.10. The van der Waals surface area contributed by atoms with Gasteiger partial charge in [0, 0.05) is 0 Å². The minimum Gasteiger partial charge on any atom is -0.478 e. The van der Waals surface area contributed by atoms with Crippen LogP contribution in [0.1, 0.15) is 28.8 Å². The van der Waals surface area contributed by atoms with Crippen molar-refractivity contribution in [3.8, 4) is 0 Å². The number of urea groups is 1. The number of carboxylic acid groups (broad SMARTS) is 1. The second kappa shape index (κ2) is 5.42. The fourth-order valence-corrected chi connectivity index (χ4v) is 3.05. The third kappa shape index (κ3) is 2.33. The first-order chi connectivity index (χ1) is 10.5. The number of hydrogen-bond acceptors (Lipinski definition) is 4. The highest BCUT2D eigenvalue weighted by Crippen LogP contribution is 2.28.